The van der Waals surface area contributed by atoms with Gasteiger partial charge in [-0.15, -0.1) is 0 Å². The summed E-state index contributed by atoms with van der Waals surface area (Å²) in [6, 6.07) is 6.05. The van der Waals surface area contributed by atoms with Crippen LogP contribution in [0.5, 0.6) is 5.75 Å². The monoisotopic (exact) mass is 461 g/mol. The molecule has 0 bridgehead atoms. The van der Waals surface area contributed by atoms with Gasteiger partial charge in [-0.2, -0.15) is 0 Å². The number of methoxy groups -OCH3 is 1. The average molecular weight is 462 g/mol. The largest absolute Gasteiger partial charge is 0.495 e. The number of nitrogens with zero attached hydrogens (tertiary/aromatic N) is 2. The van der Waals surface area contributed by atoms with Gasteiger partial charge in [0.15, 0.2) is 5.69 Å². The van der Waals surface area contributed by atoms with Gasteiger partial charge in [-0.25, -0.2) is 4.98 Å². The summed E-state index contributed by atoms with van der Waals surface area (Å²) in [4.78, 5) is 17.5. The van der Waals surface area contributed by atoms with E-state index in [2.05, 4.69) is 37.1 Å². The second-order valence-electron chi connectivity index (χ2n) is 9.55. The van der Waals surface area contributed by atoms with Gasteiger partial charge in [-0.05, 0) is 61.6 Å². The number of carbonyl (C=O) groups is 1. The van der Waals surface area contributed by atoms with Gasteiger partial charge in [0.25, 0.3) is 5.91 Å². The molecule has 0 saturated heterocycles. The molecular weight excluding hydrogens is 426 g/mol. The van der Waals surface area contributed by atoms with Crippen LogP contribution in [0.25, 0.3) is 5.69 Å². The molecule has 1 aromatic carbocycles. The molecule has 1 saturated carbocycles. The Morgan fingerprint density at radius 1 is 1.38 bits per heavy atom. The fourth-order valence-corrected chi connectivity index (χ4v) is 4.70. The van der Waals surface area contributed by atoms with Crippen LogP contribution in [0.4, 0.5) is 0 Å². The van der Waals surface area contributed by atoms with Crippen LogP contribution >= 0.6 is 11.6 Å². The standard InChI is InChI=1S/C25H36ClN3O3/c1-6-21-28-22(24(30)27-15-25(31)11-9-17(4)10-12-25)23(26)29(21)19-8-7-18(13-16(2)3)14-20(19)32-5/h7-8,14,16-17,31H,6,9-13,15H2,1-5H3,(H,27,30). The Morgan fingerprint density at radius 3 is 2.66 bits per heavy atom. The van der Waals surface area contributed by atoms with Crippen LogP contribution in [0.3, 0.4) is 0 Å². The van der Waals surface area contributed by atoms with Gasteiger partial charge in [0.05, 0.1) is 18.4 Å². The molecule has 0 unspecified atom stereocenters. The molecule has 0 spiro atoms. The van der Waals surface area contributed by atoms with Crippen LogP contribution in [-0.2, 0) is 12.8 Å². The lowest BCUT2D eigenvalue weighted by molar-refractivity contribution is -0.00543. The fourth-order valence-electron chi connectivity index (χ4n) is 4.38. The number of halogens is 1. The van der Waals surface area contributed by atoms with Gasteiger partial charge in [-0.3, -0.25) is 9.36 Å². The molecule has 0 radical (unpaired) electrons. The highest BCUT2D eigenvalue weighted by atomic mass is 35.5. The second kappa shape index (κ2) is 10.3. The number of hydrogen-bond acceptors (Lipinski definition) is 4. The van der Waals surface area contributed by atoms with Crippen molar-refractivity contribution < 1.29 is 14.6 Å². The van der Waals surface area contributed by atoms with E-state index in [-0.39, 0.29) is 23.3 Å². The number of nitrogens with one attached hydrogen (secondary N) is 1. The summed E-state index contributed by atoms with van der Waals surface area (Å²) in [6.07, 6.45) is 4.87. The van der Waals surface area contributed by atoms with Gasteiger partial charge in [-0.1, -0.05) is 45.4 Å². The summed E-state index contributed by atoms with van der Waals surface area (Å²) in [5.41, 5.74) is 1.25. The van der Waals surface area contributed by atoms with Gasteiger partial charge in [0.2, 0.25) is 0 Å². The predicted molar refractivity (Wildman–Crippen MR) is 128 cm³/mol. The molecule has 32 heavy (non-hydrogen) atoms. The van der Waals surface area contributed by atoms with E-state index in [1.165, 1.54) is 5.56 Å². The van der Waals surface area contributed by atoms with E-state index in [0.717, 1.165) is 24.9 Å². The third kappa shape index (κ3) is 5.46. The minimum absolute atomic E-state index is 0.171. The first-order chi connectivity index (χ1) is 15.2. The highest BCUT2D eigenvalue weighted by molar-refractivity contribution is 6.33. The Morgan fingerprint density at radius 2 is 2.06 bits per heavy atom. The maximum absolute atomic E-state index is 12.9. The molecule has 176 valence electrons. The van der Waals surface area contributed by atoms with Crippen molar-refractivity contribution in [3.8, 4) is 11.4 Å². The number of ether oxygens (including phenoxy) is 1. The van der Waals surface area contributed by atoms with E-state index in [9.17, 15) is 9.90 Å². The van der Waals surface area contributed by atoms with Crippen LogP contribution in [0.15, 0.2) is 18.2 Å². The van der Waals surface area contributed by atoms with Crippen LogP contribution in [-0.4, -0.2) is 39.8 Å². The molecule has 3 rings (SSSR count). The minimum Gasteiger partial charge on any atom is -0.495 e. The first kappa shape index (κ1) is 24.6. The molecule has 0 atom stereocenters. The second-order valence-corrected chi connectivity index (χ2v) is 9.91. The van der Waals surface area contributed by atoms with Gasteiger partial charge in [0.1, 0.15) is 16.7 Å². The summed E-state index contributed by atoms with van der Waals surface area (Å²) in [7, 11) is 1.63. The molecule has 1 aliphatic rings. The van der Waals surface area contributed by atoms with E-state index >= 15 is 0 Å². The summed E-state index contributed by atoms with van der Waals surface area (Å²) in [5, 5.41) is 13.9. The van der Waals surface area contributed by atoms with E-state index in [1.807, 2.05) is 19.1 Å². The molecule has 6 nitrogen and oxygen atoms in total. The van der Waals surface area contributed by atoms with E-state index in [1.54, 1.807) is 11.7 Å². The number of imidazole rings is 1. The molecule has 2 aromatic rings. The van der Waals surface area contributed by atoms with Crippen molar-refractivity contribution in [1.82, 2.24) is 14.9 Å². The molecule has 1 fully saturated rings. The molecular formula is C25H36ClN3O3. The van der Waals surface area contributed by atoms with Crippen molar-refractivity contribution in [2.45, 2.75) is 71.8 Å². The van der Waals surface area contributed by atoms with Crippen LogP contribution in [0, 0.1) is 11.8 Å². The van der Waals surface area contributed by atoms with Gasteiger partial charge in [0, 0.05) is 13.0 Å². The normalized spacial score (nSPS) is 21.1. The first-order valence-electron chi connectivity index (χ1n) is 11.6. The molecule has 7 heteroatoms. The maximum atomic E-state index is 12.9. The van der Waals surface area contributed by atoms with Crippen LogP contribution in [0.2, 0.25) is 5.15 Å². The van der Waals surface area contributed by atoms with Crippen molar-refractivity contribution in [3.63, 3.8) is 0 Å². The van der Waals surface area contributed by atoms with Crippen LogP contribution in [0.1, 0.15) is 75.3 Å². The molecule has 1 heterocycles. The third-order valence-corrected chi connectivity index (χ3v) is 6.68. The summed E-state index contributed by atoms with van der Waals surface area (Å²) >= 11 is 6.69. The quantitative estimate of drug-likeness (QED) is 0.582. The number of amides is 1. The fraction of sp³-hybridized carbons (Fsp3) is 0.600. The minimum atomic E-state index is -0.861. The summed E-state index contributed by atoms with van der Waals surface area (Å²) in [5.74, 6) is 2.15. The van der Waals surface area contributed by atoms with E-state index < -0.39 is 5.60 Å². The zero-order valence-electron chi connectivity index (χ0n) is 19.9. The number of aliphatic hydroxyl groups is 1. The van der Waals surface area contributed by atoms with Crippen molar-refractivity contribution in [2.24, 2.45) is 11.8 Å². The molecule has 1 aliphatic carbocycles. The summed E-state index contributed by atoms with van der Waals surface area (Å²) in [6.45, 7) is 8.73. The van der Waals surface area contributed by atoms with Crippen molar-refractivity contribution in [2.75, 3.05) is 13.7 Å². The molecule has 1 aromatic heterocycles. The highest BCUT2D eigenvalue weighted by Gasteiger charge is 2.33. The Labute approximate surface area is 196 Å². The Balaban J connectivity index is 1.86. The number of benzene rings is 1. The van der Waals surface area contributed by atoms with Gasteiger partial charge < -0.3 is 15.2 Å². The Kier molecular flexibility index (Phi) is 7.88. The molecule has 2 N–H and O–H groups in total. The topological polar surface area (TPSA) is 76.4 Å². The van der Waals surface area contributed by atoms with E-state index in [0.29, 0.717) is 42.7 Å². The predicted octanol–water partition coefficient (Wildman–Crippen LogP) is 4.97. The van der Waals surface area contributed by atoms with Gasteiger partial charge >= 0.3 is 0 Å². The zero-order chi connectivity index (χ0) is 23.5. The number of hydrogen-bond donors (Lipinski definition) is 2. The number of aryl methyl sites for hydroxylation is 1. The smallest absolute Gasteiger partial charge is 0.273 e. The lowest BCUT2D eigenvalue weighted by Gasteiger charge is -2.34. The zero-order valence-corrected chi connectivity index (χ0v) is 20.6. The molecule has 1 amide bonds. The average Bonchev–Trinajstić information content (AvgIpc) is 3.10. The number of carbonyl (C=O) groups excluding carboxylic acids is 1. The van der Waals surface area contributed by atoms with Crippen LogP contribution < -0.4 is 10.1 Å². The Hall–Kier alpha value is -2.05. The van der Waals surface area contributed by atoms with Crippen molar-refractivity contribution >= 4 is 17.5 Å². The highest BCUT2D eigenvalue weighted by Crippen LogP contribution is 2.33. The SMILES string of the molecule is CCc1nc(C(=O)NCC2(O)CCC(C)CC2)c(Cl)n1-c1ccc(CC(C)C)cc1OC. The summed E-state index contributed by atoms with van der Waals surface area (Å²) < 4.78 is 7.44. The third-order valence-electron chi connectivity index (χ3n) is 6.33. The Bertz CT molecular complexity index is 946. The van der Waals surface area contributed by atoms with Crippen molar-refractivity contribution in [3.05, 3.63) is 40.4 Å². The lowest BCUT2D eigenvalue weighted by Crippen LogP contribution is -2.45. The molecule has 0 aliphatic heterocycles. The number of rotatable bonds is 8. The lowest BCUT2D eigenvalue weighted by atomic mass is 9.79. The number of aromatic nitrogens is 2. The first-order valence-corrected chi connectivity index (χ1v) is 12.0. The maximum Gasteiger partial charge on any atom is 0.273 e. The van der Waals surface area contributed by atoms with E-state index in [4.69, 9.17) is 16.3 Å². The van der Waals surface area contributed by atoms with Crippen molar-refractivity contribution in [1.29, 1.82) is 0 Å².